The van der Waals surface area contributed by atoms with E-state index in [0.717, 1.165) is 5.69 Å². The van der Waals surface area contributed by atoms with Crippen molar-refractivity contribution in [3.63, 3.8) is 0 Å². The van der Waals surface area contributed by atoms with Gasteiger partial charge in [0.25, 0.3) is 0 Å². The summed E-state index contributed by atoms with van der Waals surface area (Å²) in [5.41, 5.74) is 1.47. The minimum Gasteiger partial charge on any atom is -0.324 e. The molecule has 2 heterocycles. The highest BCUT2D eigenvalue weighted by molar-refractivity contribution is 7.91. The van der Waals surface area contributed by atoms with Gasteiger partial charge in [-0.05, 0) is 25.5 Å². The van der Waals surface area contributed by atoms with Crippen LogP contribution >= 0.6 is 0 Å². The number of pyridine rings is 1. The molecular weight excluding hydrogens is 266 g/mol. The lowest BCUT2D eigenvalue weighted by atomic mass is 10.2. The second-order valence-electron chi connectivity index (χ2n) is 4.78. The van der Waals surface area contributed by atoms with Crippen LogP contribution in [0, 0.1) is 6.92 Å². The van der Waals surface area contributed by atoms with E-state index in [1.807, 2.05) is 6.92 Å². The topological polar surface area (TPSA) is 79.4 Å². The summed E-state index contributed by atoms with van der Waals surface area (Å²) < 4.78 is 22.8. The number of anilines is 1. The van der Waals surface area contributed by atoms with Gasteiger partial charge in [0.2, 0.25) is 0 Å². The van der Waals surface area contributed by atoms with Crippen LogP contribution in [0.5, 0.6) is 0 Å². The van der Waals surface area contributed by atoms with E-state index in [4.69, 9.17) is 0 Å². The number of rotatable bonds is 2. The van der Waals surface area contributed by atoms with Crippen molar-refractivity contribution in [1.29, 1.82) is 0 Å². The SMILES string of the molecule is Cc1cc(NC(=O)N(C)C2CCS(=O)(=O)C2)ccn1. The largest absolute Gasteiger partial charge is 0.324 e. The summed E-state index contributed by atoms with van der Waals surface area (Å²) in [6.45, 7) is 1.84. The Hall–Kier alpha value is -1.63. The van der Waals surface area contributed by atoms with E-state index in [0.29, 0.717) is 12.1 Å². The van der Waals surface area contributed by atoms with Crippen LogP contribution in [0.3, 0.4) is 0 Å². The molecule has 0 aliphatic carbocycles. The van der Waals surface area contributed by atoms with Crippen molar-refractivity contribution < 1.29 is 13.2 Å². The lowest BCUT2D eigenvalue weighted by Crippen LogP contribution is -2.40. The maximum absolute atomic E-state index is 12.0. The Balaban J connectivity index is 2.00. The molecule has 1 N–H and O–H groups in total. The van der Waals surface area contributed by atoms with Crippen molar-refractivity contribution in [2.24, 2.45) is 0 Å². The average molecular weight is 283 g/mol. The van der Waals surface area contributed by atoms with Gasteiger partial charge in [0.15, 0.2) is 9.84 Å². The molecule has 1 aliphatic heterocycles. The van der Waals surface area contributed by atoms with E-state index < -0.39 is 9.84 Å². The van der Waals surface area contributed by atoms with E-state index in [9.17, 15) is 13.2 Å². The number of amides is 2. The second-order valence-corrected chi connectivity index (χ2v) is 7.01. The molecule has 1 fully saturated rings. The summed E-state index contributed by atoms with van der Waals surface area (Å²) in [6.07, 6.45) is 2.12. The normalized spacial score (nSPS) is 21.1. The molecule has 19 heavy (non-hydrogen) atoms. The van der Waals surface area contributed by atoms with E-state index >= 15 is 0 Å². The highest BCUT2D eigenvalue weighted by atomic mass is 32.2. The van der Waals surface area contributed by atoms with Crippen LogP contribution in [0.1, 0.15) is 12.1 Å². The fourth-order valence-electron chi connectivity index (χ4n) is 2.08. The summed E-state index contributed by atoms with van der Waals surface area (Å²) in [4.78, 5) is 17.5. The summed E-state index contributed by atoms with van der Waals surface area (Å²) in [7, 11) is -1.37. The van der Waals surface area contributed by atoms with Gasteiger partial charge in [0.1, 0.15) is 0 Å². The molecular formula is C12H17N3O3S. The van der Waals surface area contributed by atoms with Crippen LogP contribution < -0.4 is 5.32 Å². The van der Waals surface area contributed by atoms with Gasteiger partial charge < -0.3 is 10.2 Å². The first-order valence-electron chi connectivity index (χ1n) is 6.04. The molecule has 2 amide bonds. The predicted octanol–water partition coefficient (Wildman–Crippen LogP) is 1.04. The first kappa shape index (κ1) is 13.8. The highest BCUT2D eigenvalue weighted by Crippen LogP contribution is 2.17. The average Bonchev–Trinajstić information content (AvgIpc) is 2.68. The van der Waals surface area contributed by atoms with Gasteiger partial charge >= 0.3 is 6.03 Å². The van der Waals surface area contributed by atoms with Crippen molar-refractivity contribution in [2.75, 3.05) is 23.9 Å². The number of carbonyl (C=O) groups is 1. The van der Waals surface area contributed by atoms with Crippen LogP contribution in [0.4, 0.5) is 10.5 Å². The molecule has 0 spiro atoms. The van der Waals surface area contributed by atoms with Gasteiger partial charge in [0.05, 0.1) is 11.5 Å². The Labute approximate surface area is 112 Å². The fraction of sp³-hybridized carbons (Fsp3) is 0.500. The molecule has 1 atom stereocenters. The molecule has 0 radical (unpaired) electrons. The van der Waals surface area contributed by atoms with E-state index in [1.165, 1.54) is 4.90 Å². The summed E-state index contributed by atoms with van der Waals surface area (Å²) >= 11 is 0. The molecule has 0 aromatic carbocycles. The van der Waals surface area contributed by atoms with Crippen molar-refractivity contribution in [1.82, 2.24) is 9.88 Å². The zero-order valence-electron chi connectivity index (χ0n) is 11.0. The molecule has 1 unspecified atom stereocenters. The Morgan fingerprint density at radius 2 is 2.26 bits per heavy atom. The van der Waals surface area contributed by atoms with Crippen LogP contribution in [0.15, 0.2) is 18.3 Å². The number of hydrogen-bond donors (Lipinski definition) is 1. The number of nitrogens with one attached hydrogen (secondary N) is 1. The van der Waals surface area contributed by atoms with Crippen molar-refractivity contribution in [3.8, 4) is 0 Å². The van der Waals surface area contributed by atoms with Gasteiger partial charge in [-0.3, -0.25) is 4.98 Å². The minimum absolute atomic E-state index is 0.0479. The van der Waals surface area contributed by atoms with E-state index in [1.54, 1.807) is 25.4 Å². The standard InChI is InChI=1S/C12H17N3O3S/c1-9-7-10(3-5-13-9)14-12(16)15(2)11-4-6-19(17,18)8-11/h3,5,7,11H,4,6,8H2,1-2H3,(H,13,14,16). The molecule has 0 bridgehead atoms. The quantitative estimate of drug-likeness (QED) is 0.879. The maximum Gasteiger partial charge on any atom is 0.321 e. The van der Waals surface area contributed by atoms with Crippen LogP contribution in [-0.2, 0) is 9.84 Å². The maximum atomic E-state index is 12.0. The van der Waals surface area contributed by atoms with Crippen LogP contribution in [0.25, 0.3) is 0 Å². The van der Waals surface area contributed by atoms with E-state index in [-0.39, 0.29) is 23.6 Å². The zero-order valence-corrected chi connectivity index (χ0v) is 11.8. The molecule has 0 saturated carbocycles. The van der Waals surface area contributed by atoms with Gasteiger partial charge in [-0.1, -0.05) is 0 Å². The number of hydrogen-bond acceptors (Lipinski definition) is 4. The summed E-state index contributed by atoms with van der Waals surface area (Å²) in [5.74, 6) is 0.204. The smallest absolute Gasteiger partial charge is 0.321 e. The molecule has 1 aliphatic rings. The number of aryl methyl sites for hydroxylation is 1. The monoisotopic (exact) mass is 283 g/mol. The Morgan fingerprint density at radius 3 is 2.84 bits per heavy atom. The lowest BCUT2D eigenvalue weighted by Gasteiger charge is -2.23. The molecule has 1 aromatic rings. The zero-order chi connectivity index (χ0) is 14.0. The Kier molecular flexibility index (Phi) is 3.75. The first-order valence-corrected chi connectivity index (χ1v) is 7.86. The molecule has 1 aromatic heterocycles. The molecule has 7 heteroatoms. The van der Waals surface area contributed by atoms with Crippen LogP contribution in [-0.4, -0.2) is 48.9 Å². The molecule has 104 valence electrons. The third kappa shape index (κ3) is 3.44. The van der Waals surface area contributed by atoms with Crippen molar-refractivity contribution in [3.05, 3.63) is 24.0 Å². The van der Waals surface area contributed by atoms with Crippen molar-refractivity contribution in [2.45, 2.75) is 19.4 Å². The Bertz CT molecular complexity index is 586. The van der Waals surface area contributed by atoms with Gasteiger partial charge in [-0.25, -0.2) is 13.2 Å². The van der Waals surface area contributed by atoms with E-state index in [2.05, 4.69) is 10.3 Å². The van der Waals surface area contributed by atoms with Gasteiger partial charge in [0, 0.05) is 30.7 Å². The number of carbonyl (C=O) groups excluding carboxylic acids is 1. The molecule has 6 nitrogen and oxygen atoms in total. The molecule has 2 rings (SSSR count). The number of nitrogens with zero attached hydrogens (tertiary/aromatic N) is 2. The second kappa shape index (κ2) is 5.16. The van der Waals surface area contributed by atoms with Crippen LogP contribution in [0.2, 0.25) is 0 Å². The Morgan fingerprint density at radius 1 is 1.53 bits per heavy atom. The minimum atomic E-state index is -2.99. The fourth-order valence-corrected chi connectivity index (χ4v) is 3.86. The number of urea groups is 1. The highest BCUT2D eigenvalue weighted by Gasteiger charge is 2.32. The summed E-state index contributed by atoms with van der Waals surface area (Å²) in [5, 5.41) is 2.74. The lowest BCUT2D eigenvalue weighted by molar-refractivity contribution is 0.209. The number of aromatic nitrogens is 1. The number of sulfone groups is 1. The predicted molar refractivity (Wildman–Crippen MR) is 72.8 cm³/mol. The van der Waals surface area contributed by atoms with Crippen molar-refractivity contribution >= 4 is 21.6 Å². The van der Waals surface area contributed by atoms with Gasteiger partial charge in [-0.2, -0.15) is 0 Å². The summed E-state index contributed by atoms with van der Waals surface area (Å²) in [6, 6.07) is 2.92. The third-order valence-electron chi connectivity index (χ3n) is 3.22. The van der Waals surface area contributed by atoms with Gasteiger partial charge in [-0.15, -0.1) is 0 Å². The third-order valence-corrected chi connectivity index (χ3v) is 4.97. The molecule has 1 saturated heterocycles. The first-order chi connectivity index (χ1) is 8.87.